The summed E-state index contributed by atoms with van der Waals surface area (Å²) in [5.41, 5.74) is 7.28. The van der Waals surface area contributed by atoms with Crippen molar-refractivity contribution in [1.29, 1.82) is 0 Å². The highest BCUT2D eigenvalue weighted by Crippen LogP contribution is 2.22. The third kappa shape index (κ3) is 4.07. The van der Waals surface area contributed by atoms with E-state index in [0.29, 0.717) is 0 Å². The van der Waals surface area contributed by atoms with E-state index < -0.39 is 0 Å². The normalized spacial score (nSPS) is 14.9. The molecule has 0 aliphatic heterocycles. The van der Waals surface area contributed by atoms with Crippen molar-refractivity contribution in [2.24, 2.45) is 5.73 Å². The van der Waals surface area contributed by atoms with Crippen LogP contribution in [0.4, 0.5) is 0 Å². The number of aliphatic hydroxyl groups excluding tert-OH is 1. The summed E-state index contributed by atoms with van der Waals surface area (Å²) in [5.74, 6) is 0. The molecular weight excluding hydrogens is 214 g/mol. The highest BCUT2D eigenvalue weighted by molar-refractivity contribution is 5.17. The molecule has 2 atom stereocenters. The summed E-state index contributed by atoms with van der Waals surface area (Å²) in [7, 11) is 0. The van der Waals surface area contributed by atoms with Gasteiger partial charge < -0.3 is 10.8 Å². The Labute approximate surface area is 103 Å². The van der Waals surface area contributed by atoms with E-state index in [0.717, 1.165) is 19.5 Å². The van der Waals surface area contributed by atoms with Crippen LogP contribution < -0.4 is 5.73 Å². The Kier molecular flexibility index (Phi) is 6.11. The van der Waals surface area contributed by atoms with Crippen LogP contribution in [0.2, 0.25) is 0 Å². The molecule has 0 bridgehead atoms. The van der Waals surface area contributed by atoms with Gasteiger partial charge in [0.1, 0.15) is 0 Å². The van der Waals surface area contributed by atoms with Gasteiger partial charge in [-0.1, -0.05) is 6.92 Å². The summed E-state index contributed by atoms with van der Waals surface area (Å²) in [6.07, 6.45) is 4.37. The van der Waals surface area contributed by atoms with Crippen molar-refractivity contribution in [3.63, 3.8) is 0 Å². The lowest BCUT2D eigenvalue weighted by atomic mass is 10.00. The second kappa shape index (κ2) is 7.37. The van der Waals surface area contributed by atoms with Crippen LogP contribution in [-0.4, -0.2) is 40.7 Å². The molecule has 0 aliphatic rings. The van der Waals surface area contributed by atoms with E-state index in [9.17, 15) is 0 Å². The van der Waals surface area contributed by atoms with E-state index in [1.807, 2.05) is 19.1 Å². The van der Waals surface area contributed by atoms with Gasteiger partial charge in [-0.15, -0.1) is 0 Å². The van der Waals surface area contributed by atoms with Gasteiger partial charge in [-0.3, -0.25) is 9.88 Å². The number of hydrogen-bond acceptors (Lipinski definition) is 4. The second-order valence-corrected chi connectivity index (χ2v) is 4.29. The van der Waals surface area contributed by atoms with Crippen molar-refractivity contribution in [1.82, 2.24) is 9.88 Å². The largest absolute Gasteiger partial charge is 0.396 e. The van der Waals surface area contributed by atoms with Gasteiger partial charge in [0.15, 0.2) is 0 Å². The van der Waals surface area contributed by atoms with Gasteiger partial charge in [0.25, 0.3) is 0 Å². The van der Waals surface area contributed by atoms with Crippen molar-refractivity contribution in [2.75, 3.05) is 19.7 Å². The lowest BCUT2D eigenvalue weighted by Gasteiger charge is -2.33. The fraction of sp³-hybridized carbons (Fsp3) is 0.615. The molecule has 0 saturated carbocycles. The Morgan fingerprint density at radius 3 is 2.53 bits per heavy atom. The summed E-state index contributed by atoms with van der Waals surface area (Å²) in [5, 5.41) is 8.93. The Hall–Kier alpha value is -0.970. The monoisotopic (exact) mass is 237 g/mol. The molecule has 0 radical (unpaired) electrons. The molecule has 17 heavy (non-hydrogen) atoms. The van der Waals surface area contributed by atoms with Gasteiger partial charge in [-0.05, 0) is 37.6 Å². The number of rotatable bonds is 7. The van der Waals surface area contributed by atoms with Gasteiger partial charge >= 0.3 is 0 Å². The molecule has 0 fully saturated rings. The third-order valence-electron chi connectivity index (χ3n) is 2.95. The maximum Gasteiger partial charge on any atom is 0.0497 e. The summed E-state index contributed by atoms with van der Waals surface area (Å²) in [6.45, 7) is 6.15. The molecule has 0 saturated heterocycles. The summed E-state index contributed by atoms with van der Waals surface area (Å²) in [4.78, 5) is 6.34. The zero-order valence-corrected chi connectivity index (χ0v) is 10.7. The molecule has 1 aromatic heterocycles. The van der Waals surface area contributed by atoms with Crippen LogP contribution in [-0.2, 0) is 0 Å². The molecule has 2 unspecified atom stereocenters. The average molecular weight is 237 g/mol. The number of aromatic nitrogens is 1. The number of aliphatic hydroxyl groups is 1. The molecular formula is C13H23N3O. The van der Waals surface area contributed by atoms with Crippen LogP contribution in [0.5, 0.6) is 0 Å². The van der Waals surface area contributed by atoms with Crippen molar-refractivity contribution >= 4 is 0 Å². The first-order valence-electron chi connectivity index (χ1n) is 6.21. The van der Waals surface area contributed by atoms with Gasteiger partial charge in [-0.25, -0.2) is 0 Å². The smallest absolute Gasteiger partial charge is 0.0497 e. The lowest BCUT2D eigenvalue weighted by Crippen LogP contribution is -2.40. The van der Waals surface area contributed by atoms with E-state index in [-0.39, 0.29) is 18.7 Å². The van der Waals surface area contributed by atoms with Crippen LogP contribution in [0, 0.1) is 0 Å². The van der Waals surface area contributed by atoms with Crippen LogP contribution in [0.25, 0.3) is 0 Å². The summed E-state index contributed by atoms with van der Waals surface area (Å²) < 4.78 is 0. The van der Waals surface area contributed by atoms with E-state index in [2.05, 4.69) is 16.8 Å². The third-order valence-corrected chi connectivity index (χ3v) is 2.95. The van der Waals surface area contributed by atoms with E-state index in [4.69, 9.17) is 10.8 Å². The molecule has 1 aromatic rings. The topological polar surface area (TPSA) is 62.4 Å². The van der Waals surface area contributed by atoms with Crippen LogP contribution >= 0.6 is 0 Å². The molecule has 1 rings (SSSR count). The maximum atomic E-state index is 8.93. The number of nitrogens with zero attached hydrogens (tertiary/aromatic N) is 2. The van der Waals surface area contributed by atoms with Gasteiger partial charge in [0.05, 0.1) is 0 Å². The molecule has 3 N–H and O–H groups in total. The Morgan fingerprint density at radius 2 is 2.06 bits per heavy atom. The molecule has 0 spiro atoms. The molecule has 0 aliphatic carbocycles. The highest BCUT2D eigenvalue weighted by atomic mass is 16.3. The average Bonchev–Trinajstić information content (AvgIpc) is 2.35. The predicted octanol–water partition coefficient (Wildman–Crippen LogP) is 1.17. The van der Waals surface area contributed by atoms with Gasteiger partial charge in [-0.2, -0.15) is 0 Å². The van der Waals surface area contributed by atoms with Gasteiger partial charge in [0.2, 0.25) is 0 Å². The van der Waals surface area contributed by atoms with Gasteiger partial charge in [0, 0.05) is 37.6 Å². The fourth-order valence-electron chi connectivity index (χ4n) is 2.18. The van der Waals surface area contributed by atoms with Crippen molar-refractivity contribution in [2.45, 2.75) is 32.4 Å². The zero-order valence-electron chi connectivity index (χ0n) is 10.7. The first-order chi connectivity index (χ1) is 8.20. The Morgan fingerprint density at radius 1 is 1.41 bits per heavy atom. The summed E-state index contributed by atoms with van der Waals surface area (Å²) >= 11 is 0. The minimum absolute atomic E-state index is 0.0519. The lowest BCUT2D eigenvalue weighted by molar-refractivity contribution is 0.165. The number of hydrogen-bond donors (Lipinski definition) is 2. The van der Waals surface area contributed by atoms with E-state index in [1.165, 1.54) is 5.56 Å². The van der Waals surface area contributed by atoms with Crippen molar-refractivity contribution in [3.05, 3.63) is 30.1 Å². The number of pyridine rings is 1. The minimum Gasteiger partial charge on any atom is -0.396 e. The Bertz CT molecular complexity index is 303. The number of likely N-dealkylation sites (N-methyl/N-ethyl adjacent to an activating group) is 1. The summed E-state index contributed by atoms with van der Waals surface area (Å²) in [6, 6.07) is 4.26. The first-order valence-corrected chi connectivity index (χ1v) is 6.21. The zero-order chi connectivity index (χ0) is 12.7. The first kappa shape index (κ1) is 14.1. The maximum absolute atomic E-state index is 8.93. The second-order valence-electron chi connectivity index (χ2n) is 4.29. The molecule has 96 valence electrons. The minimum atomic E-state index is 0.0519. The van der Waals surface area contributed by atoms with Crippen molar-refractivity contribution < 1.29 is 5.11 Å². The van der Waals surface area contributed by atoms with E-state index >= 15 is 0 Å². The molecule has 4 nitrogen and oxygen atoms in total. The Balaban J connectivity index is 2.83. The predicted molar refractivity (Wildman–Crippen MR) is 69.6 cm³/mol. The molecule has 0 amide bonds. The van der Waals surface area contributed by atoms with Crippen molar-refractivity contribution in [3.8, 4) is 0 Å². The number of nitrogens with two attached hydrogens (primary N) is 1. The fourth-order valence-corrected chi connectivity index (χ4v) is 2.18. The molecule has 1 heterocycles. The van der Waals surface area contributed by atoms with Crippen LogP contribution in [0.3, 0.4) is 0 Å². The SMILES string of the molecule is CCN(CCCO)C(c1ccncc1)C(C)N. The van der Waals surface area contributed by atoms with E-state index in [1.54, 1.807) is 12.4 Å². The standard InChI is InChI=1S/C13H23N3O/c1-3-16(9-4-10-17)13(11(2)14)12-5-7-15-8-6-12/h5-8,11,13,17H,3-4,9-10,14H2,1-2H3. The van der Waals surface area contributed by atoms with Crippen LogP contribution in [0.15, 0.2) is 24.5 Å². The van der Waals surface area contributed by atoms with Crippen LogP contribution in [0.1, 0.15) is 31.9 Å². The molecule has 0 aromatic carbocycles. The quantitative estimate of drug-likeness (QED) is 0.747. The molecule has 4 heteroatoms. The highest BCUT2D eigenvalue weighted by Gasteiger charge is 2.22.